The molecule has 0 saturated carbocycles. The average Bonchev–Trinajstić information content (AvgIpc) is 2.39. The largest absolute Gasteiger partial charge is 0.305 e. The van der Waals surface area contributed by atoms with Crippen LogP contribution in [0, 0.1) is 6.92 Å². The number of aryl methyl sites for hydroxylation is 1. The Kier molecular flexibility index (Phi) is 3.83. The van der Waals surface area contributed by atoms with Gasteiger partial charge in [0.25, 0.3) is 0 Å². The van der Waals surface area contributed by atoms with Crippen LogP contribution in [0.3, 0.4) is 0 Å². The molecule has 88 valence electrons. The Bertz CT molecular complexity index is 451. The summed E-state index contributed by atoms with van der Waals surface area (Å²) in [5, 5.41) is 3.44. The van der Waals surface area contributed by atoms with Gasteiger partial charge in [0, 0.05) is 31.2 Å². The predicted molar refractivity (Wildman–Crippen MR) is 68.5 cm³/mol. The molecule has 0 aliphatic heterocycles. The van der Waals surface area contributed by atoms with E-state index in [-0.39, 0.29) is 0 Å². The molecule has 0 radical (unpaired) electrons. The minimum atomic E-state index is 0.307. The second-order valence-electron chi connectivity index (χ2n) is 4.21. The van der Waals surface area contributed by atoms with Crippen molar-refractivity contribution >= 4 is 0 Å². The SMILES string of the molecule is Cc1ccc(CN[C@H](C)c2ccncc2)nc1. The zero-order valence-electron chi connectivity index (χ0n) is 10.2. The molecule has 1 atom stereocenters. The van der Waals surface area contributed by atoms with Crippen LogP contribution in [0.15, 0.2) is 42.9 Å². The van der Waals surface area contributed by atoms with Crippen LogP contribution in [-0.2, 0) is 6.54 Å². The van der Waals surface area contributed by atoms with Gasteiger partial charge in [-0.3, -0.25) is 9.97 Å². The number of rotatable bonds is 4. The fourth-order valence-electron chi connectivity index (χ4n) is 1.63. The Morgan fingerprint density at radius 3 is 2.59 bits per heavy atom. The molecule has 3 heteroatoms. The summed E-state index contributed by atoms with van der Waals surface area (Å²) in [5.74, 6) is 0. The summed E-state index contributed by atoms with van der Waals surface area (Å²) < 4.78 is 0. The molecule has 0 fully saturated rings. The van der Waals surface area contributed by atoms with Crippen molar-refractivity contribution in [3.05, 3.63) is 59.7 Å². The van der Waals surface area contributed by atoms with Gasteiger partial charge in [-0.25, -0.2) is 0 Å². The molecule has 0 bridgehead atoms. The zero-order valence-corrected chi connectivity index (χ0v) is 10.2. The van der Waals surface area contributed by atoms with Crippen LogP contribution in [0.5, 0.6) is 0 Å². The first kappa shape index (κ1) is 11.7. The number of nitrogens with one attached hydrogen (secondary N) is 1. The lowest BCUT2D eigenvalue weighted by molar-refractivity contribution is 0.567. The van der Waals surface area contributed by atoms with Crippen molar-refractivity contribution < 1.29 is 0 Å². The van der Waals surface area contributed by atoms with Crippen molar-refractivity contribution in [2.75, 3.05) is 0 Å². The van der Waals surface area contributed by atoms with Crippen LogP contribution < -0.4 is 5.32 Å². The molecule has 0 aliphatic carbocycles. The van der Waals surface area contributed by atoms with Crippen molar-refractivity contribution in [3.8, 4) is 0 Å². The fraction of sp³-hybridized carbons (Fsp3) is 0.286. The van der Waals surface area contributed by atoms with Gasteiger partial charge in [0.05, 0.1) is 5.69 Å². The van der Waals surface area contributed by atoms with Crippen molar-refractivity contribution in [2.45, 2.75) is 26.4 Å². The van der Waals surface area contributed by atoms with E-state index in [0.29, 0.717) is 6.04 Å². The van der Waals surface area contributed by atoms with Gasteiger partial charge >= 0.3 is 0 Å². The standard InChI is InChI=1S/C14H17N3/c1-11-3-4-14(17-9-11)10-16-12(2)13-5-7-15-8-6-13/h3-9,12,16H,10H2,1-2H3/t12-/m1/s1. The fourth-order valence-corrected chi connectivity index (χ4v) is 1.63. The monoisotopic (exact) mass is 227 g/mol. The molecule has 0 unspecified atom stereocenters. The van der Waals surface area contributed by atoms with Gasteiger partial charge in [-0.2, -0.15) is 0 Å². The van der Waals surface area contributed by atoms with E-state index in [0.717, 1.165) is 12.2 Å². The molecule has 2 aromatic heterocycles. The maximum Gasteiger partial charge on any atom is 0.0542 e. The Morgan fingerprint density at radius 2 is 1.94 bits per heavy atom. The van der Waals surface area contributed by atoms with E-state index in [9.17, 15) is 0 Å². The molecule has 2 rings (SSSR count). The van der Waals surface area contributed by atoms with Crippen molar-refractivity contribution in [2.24, 2.45) is 0 Å². The lowest BCUT2D eigenvalue weighted by Crippen LogP contribution is -2.18. The van der Waals surface area contributed by atoms with Crippen LogP contribution in [-0.4, -0.2) is 9.97 Å². The molecule has 0 amide bonds. The molecule has 2 heterocycles. The summed E-state index contributed by atoms with van der Waals surface area (Å²) in [7, 11) is 0. The van der Waals surface area contributed by atoms with Gasteiger partial charge in [-0.15, -0.1) is 0 Å². The van der Waals surface area contributed by atoms with Crippen LogP contribution in [0.1, 0.15) is 29.8 Å². The number of hydrogen-bond acceptors (Lipinski definition) is 3. The molecular weight excluding hydrogens is 210 g/mol. The highest BCUT2D eigenvalue weighted by Gasteiger charge is 2.04. The number of aromatic nitrogens is 2. The normalized spacial score (nSPS) is 12.4. The lowest BCUT2D eigenvalue weighted by Gasteiger charge is -2.13. The molecule has 0 saturated heterocycles. The average molecular weight is 227 g/mol. The Hall–Kier alpha value is -1.74. The van der Waals surface area contributed by atoms with Gasteiger partial charge in [0.2, 0.25) is 0 Å². The summed E-state index contributed by atoms with van der Waals surface area (Å²) in [4.78, 5) is 8.38. The van der Waals surface area contributed by atoms with Crippen molar-refractivity contribution in [1.29, 1.82) is 0 Å². The van der Waals surface area contributed by atoms with E-state index in [1.165, 1.54) is 11.1 Å². The molecule has 0 aliphatic rings. The van der Waals surface area contributed by atoms with E-state index in [4.69, 9.17) is 0 Å². The smallest absolute Gasteiger partial charge is 0.0542 e. The van der Waals surface area contributed by atoms with Crippen molar-refractivity contribution in [1.82, 2.24) is 15.3 Å². The Morgan fingerprint density at radius 1 is 1.18 bits per heavy atom. The molecule has 1 N–H and O–H groups in total. The maximum absolute atomic E-state index is 4.37. The van der Waals surface area contributed by atoms with E-state index < -0.39 is 0 Å². The first-order valence-electron chi connectivity index (χ1n) is 5.80. The maximum atomic E-state index is 4.37. The van der Waals surface area contributed by atoms with Gasteiger partial charge in [-0.05, 0) is 43.2 Å². The third-order valence-electron chi connectivity index (χ3n) is 2.77. The quantitative estimate of drug-likeness (QED) is 0.872. The molecular formula is C14H17N3. The van der Waals surface area contributed by atoms with Gasteiger partial charge in [0.15, 0.2) is 0 Å². The zero-order chi connectivity index (χ0) is 12.1. The third-order valence-corrected chi connectivity index (χ3v) is 2.77. The van der Waals surface area contributed by atoms with Crippen LogP contribution in [0.25, 0.3) is 0 Å². The van der Waals surface area contributed by atoms with Crippen LogP contribution >= 0.6 is 0 Å². The molecule has 17 heavy (non-hydrogen) atoms. The minimum Gasteiger partial charge on any atom is -0.305 e. The summed E-state index contributed by atoms with van der Waals surface area (Å²) in [6, 6.07) is 8.50. The highest BCUT2D eigenvalue weighted by molar-refractivity contribution is 5.15. The molecule has 2 aromatic rings. The molecule has 0 aromatic carbocycles. The number of hydrogen-bond donors (Lipinski definition) is 1. The van der Waals surface area contributed by atoms with E-state index in [2.05, 4.69) is 34.3 Å². The summed E-state index contributed by atoms with van der Waals surface area (Å²) in [6.07, 6.45) is 5.53. The Labute approximate surface area is 102 Å². The summed E-state index contributed by atoms with van der Waals surface area (Å²) in [6.45, 7) is 4.97. The third kappa shape index (κ3) is 3.36. The predicted octanol–water partition coefficient (Wildman–Crippen LogP) is 2.64. The van der Waals surface area contributed by atoms with Crippen molar-refractivity contribution in [3.63, 3.8) is 0 Å². The van der Waals surface area contributed by atoms with E-state index >= 15 is 0 Å². The van der Waals surface area contributed by atoms with Gasteiger partial charge in [-0.1, -0.05) is 6.07 Å². The highest BCUT2D eigenvalue weighted by Crippen LogP contribution is 2.10. The number of pyridine rings is 2. The van der Waals surface area contributed by atoms with Crippen LogP contribution in [0.2, 0.25) is 0 Å². The summed E-state index contributed by atoms with van der Waals surface area (Å²) in [5.41, 5.74) is 3.50. The minimum absolute atomic E-state index is 0.307. The van der Waals surface area contributed by atoms with Gasteiger partial charge < -0.3 is 5.32 Å². The topological polar surface area (TPSA) is 37.8 Å². The first-order chi connectivity index (χ1) is 8.25. The van der Waals surface area contributed by atoms with Crippen LogP contribution in [0.4, 0.5) is 0 Å². The second kappa shape index (κ2) is 5.55. The number of nitrogens with zero attached hydrogens (tertiary/aromatic N) is 2. The lowest BCUT2D eigenvalue weighted by atomic mass is 10.1. The molecule has 0 spiro atoms. The first-order valence-corrected chi connectivity index (χ1v) is 5.80. The second-order valence-corrected chi connectivity index (χ2v) is 4.21. The Balaban J connectivity index is 1.92. The molecule has 3 nitrogen and oxygen atoms in total. The summed E-state index contributed by atoms with van der Waals surface area (Å²) >= 11 is 0. The van der Waals surface area contributed by atoms with E-state index in [1.54, 1.807) is 0 Å². The highest BCUT2D eigenvalue weighted by atomic mass is 14.9. The van der Waals surface area contributed by atoms with Gasteiger partial charge in [0.1, 0.15) is 0 Å². The van der Waals surface area contributed by atoms with E-state index in [1.807, 2.05) is 37.6 Å².